The lowest BCUT2D eigenvalue weighted by atomic mass is 10.1. The Balaban J connectivity index is 2.68. The lowest BCUT2D eigenvalue weighted by molar-refractivity contribution is 0.118. The van der Waals surface area contributed by atoms with Crippen molar-refractivity contribution in [1.82, 2.24) is 4.90 Å². The topological polar surface area (TPSA) is 32.7 Å². The SMILES string of the molecule is CCOc1ccccc1C(O)CN(C)CC(C)C. The Hall–Kier alpha value is -1.06. The van der Waals surface area contributed by atoms with Gasteiger partial charge in [0.1, 0.15) is 5.75 Å². The van der Waals surface area contributed by atoms with Crippen LogP contribution in [0.2, 0.25) is 0 Å². The van der Waals surface area contributed by atoms with Crippen molar-refractivity contribution in [2.45, 2.75) is 26.9 Å². The van der Waals surface area contributed by atoms with E-state index in [1.807, 2.05) is 38.2 Å². The van der Waals surface area contributed by atoms with E-state index in [9.17, 15) is 5.11 Å². The van der Waals surface area contributed by atoms with Gasteiger partial charge in [-0.3, -0.25) is 0 Å². The Labute approximate surface area is 110 Å². The molecule has 0 aliphatic rings. The molecular formula is C15H25NO2. The summed E-state index contributed by atoms with van der Waals surface area (Å²) < 4.78 is 5.54. The summed E-state index contributed by atoms with van der Waals surface area (Å²) in [6.07, 6.45) is -0.503. The highest BCUT2D eigenvalue weighted by atomic mass is 16.5. The van der Waals surface area contributed by atoms with Crippen molar-refractivity contribution in [2.75, 3.05) is 26.7 Å². The van der Waals surface area contributed by atoms with Crippen LogP contribution in [0.4, 0.5) is 0 Å². The molecule has 18 heavy (non-hydrogen) atoms. The van der Waals surface area contributed by atoms with Crippen LogP contribution in [0, 0.1) is 5.92 Å². The smallest absolute Gasteiger partial charge is 0.125 e. The number of hydrogen-bond acceptors (Lipinski definition) is 3. The maximum absolute atomic E-state index is 10.3. The Morgan fingerprint density at radius 1 is 1.22 bits per heavy atom. The van der Waals surface area contributed by atoms with E-state index in [1.54, 1.807) is 0 Å². The van der Waals surface area contributed by atoms with Gasteiger partial charge in [-0.2, -0.15) is 0 Å². The fourth-order valence-electron chi connectivity index (χ4n) is 2.13. The number of aliphatic hydroxyl groups is 1. The first-order valence-electron chi connectivity index (χ1n) is 6.62. The molecule has 3 heteroatoms. The van der Waals surface area contributed by atoms with Gasteiger partial charge in [-0.05, 0) is 26.0 Å². The van der Waals surface area contributed by atoms with Crippen LogP contribution < -0.4 is 4.74 Å². The highest BCUT2D eigenvalue weighted by molar-refractivity contribution is 5.35. The number of hydrogen-bond donors (Lipinski definition) is 1. The quantitative estimate of drug-likeness (QED) is 0.808. The number of para-hydroxylation sites is 1. The summed E-state index contributed by atoms with van der Waals surface area (Å²) in [5, 5.41) is 10.3. The third-order valence-electron chi connectivity index (χ3n) is 2.74. The summed E-state index contributed by atoms with van der Waals surface area (Å²) in [6.45, 7) is 8.53. The van der Waals surface area contributed by atoms with Gasteiger partial charge < -0.3 is 14.7 Å². The third kappa shape index (κ3) is 4.67. The molecule has 0 aliphatic carbocycles. The van der Waals surface area contributed by atoms with E-state index in [0.29, 0.717) is 19.1 Å². The molecule has 0 bridgehead atoms. The lowest BCUT2D eigenvalue weighted by Gasteiger charge is -2.23. The van der Waals surface area contributed by atoms with Gasteiger partial charge in [-0.1, -0.05) is 32.0 Å². The van der Waals surface area contributed by atoms with E-state index < -0.39 is 6.10 Å². The van der Waals surface area contributed by atoms with Crippen LogP contribution >= 0.6 is 0 Å². The highest BCUT2D eigenvalue weighted by Crippen LogP contribution is 2.25. The maximum atomic E-state index is 10.3. The Kier molecular flexibility index (Phi) is 6.16. The lowest BCUT2D eigenvalue weighted by Crippen LogP contribution is -2.28. The van der Waals surface area contributed by atoms with Crippen molar-refractivity contribution in [2.24, 2.45) is 5.92 Å². The van der Waals surface area contributed by atoms with Gasteiger partial charge in [-0.25, -0.2) is 0 Å². The number of ether oxygens (including phenoxy) is 1. The molecule has 1 aromatic carbocycles. The van der Waals surface area contributed by atoms with Crippen molar-refractivity contribution in [3.8, 4) is 5.75 Å². The molecule has 1 aromatic rings. The average Bonchev–Trinajstić information content (AvgIpc) is 2.28. The first-order valence-corrected chi connectivity index (χ1v) is 6.62. The molecule has 0 aromatic heterocycles. The normalized spacial score (nSPS) is 13.1. The standard InChI is InChI=1S/C15H25NO2/c1-5-18-15-9-7-6-8-13(15)14(17)11-16(4)10-12(2)3/h6-9,12,14,17H,5,10-11H2,1-4H3. The van der Waals surface area contributed by atoms with E-state index in [-0.39, 0.29) is 0 Å². The van der Waals surface area contributed by atoms with Gasteiger partial charge in [0.2, 0.25) is 0 Å². The summed E-state index contributed by atoms with van der Waals surface area (Å²) in [5.41, 5.74) is 0.870. The van der Waals surface area contributed by atoms with Gasteiger partial charge in [0.15, 0.2) is 0 Å². The zero-order valence-electron chi connectivity index (χ0n) is 11.9. The monoisotopic (exact) mass is 251 g/mol. The van der Waals surface area contributed by atoms with E-state index in [4.69, 9.17) is 4.74 Å². The second-order valence-electron chi connectivity index (χ2n) is 5.10. The van der Waals surface area contributed by atoms with Crippen molar-refractivity contribution in [1.29, 1.82) is 0 Å². The number of nitrogens with zero attached hydrogens (tertiary/aromatic N) is 1. The second kappa shape index (κ2) is 7.39. The molecule has 1 N–H and O–H groups in total. The van der Waals surface area contributed by atoms with Gasteiger partial charge in [-0.15, -0.1) is 0 Å². The van der Waals surface area contributed by atoms with E-state index in [1.165, 1.54) is 0 Å². The minimum atomic E-state index is -0.503. The maximum Gasteiger partial charge on any atom is 0.125 e. The number of likely N-dealkylation sites (N-methyl/N-ethyl adjacent to an activating group) is 1. The van der Waals surface area contributed by atoms with Gasteiger partial charge in [0.05, 0.1) is 12.7 Å². The van der Waals surface area contributed by atoms with E-state index in [2.05, 4.69) is 18.7 Å². The molecule has 0 radical (unpaired) electrons. The van der Waals surface area contributed by atoms with E-state index in [0.717, 1.165) is 17.9 Å². The molecule has 0 saturated heterocycles. The first kappa shape index (κ1) is 15.0. The zero-order valence-corrected chi connectivity index (χ0v) is 11.9. The summed E-state index contributed by atoms with van der Waals surface area (Å²) in [7, 11) is 2.03. The Bertz CT molecular complexity index is 352. The Morgan fingerprint density at radius 2 is 1.89 bits per heavy atom. The average molecular weight is 251 g/mol. The van der Waals surface area contributed by atoms with Crippen LogP contribution in [-0.2, 0) is 0 Å². The van der Waals surface area contributed by atoms with Gasteiger partial charge in [0, 0.05) is 18.7 Å². The number of aliphatic hydroxyl groups excluding tert-OH is 1. The number of rotatable bonds is 7. The molecule has 1 rings (SSSR count). The van der Waals surface area contributed by atoms with Gasteiger partial charge >= 0.3 is 0 Å². The van der Waals surface area contributed by atoms with Crippen LogP contribution in [0.25, 0.3) is 0 Å². The Morgan fingerprint density at radius 3 is 2.50 bits per heavy atom. The van der Waals surface area contributed by atoms with Crippen LogP contribution in [-0.4, -0.2) is 36.8 Å². The largest absolute Gasteiger partial charge is 0.493 e. The molecule has 1 unspecified atom stereocenters. The first-order chi connectivity index (χ1) is 8.54. The van der Waals surface area contributed by atoms with Crippen LogP contribution in [0.15, 0.2) is 24.3 Å². The van der Waals surface area contributed by atoms with Crippen molar-refractivity contribution < 1.29 is 9.84 Å². The van der Waals surface area contributed by atoms with Crippen molar-refractivity contribution >= 4 is 0 Å². The number of benzene rings is 1. The molecule has 0 aliphatic heterocycles. The molecule has 0 spiro atoms. The van der Waals surface area contributed by atoms with Crippen LogP contribution in [0.5, 0.6) is 5.75 Å². The van der Waals surface area contributed by atoms with Crippen molar-refractivity contribution in [3.63, 3.8) is 0 Å². The molecule has 0 fully saturated rings. The molecule has 3 nitrogen and oxygen atoms in total. The zero-order chi connectivity index (χ0) is 13.5. The molecule has 102 valence electrons. The fourth-order valence-corrected chi connectivity index (χ4v) is 2.13. The molecule has 1 atom stereocenters. The summed E-state index contributed by atoms with van der Waals surface area (Å²) in [4.78, 5) is 2.15. The van der Waals surface area contributed by atoms with E-state index >= 15 is 0 Å². The second-order valence-corrected chi connectivity index (χ2v) is 5.10. The van der Waals surface area contributed by atoms with Gasteiger partial charge in [0.25, 0.3) is 0 Å². The molecule has 0 heterocycles. The van der Waals surface area contributed by atoms with Crippen LogP contribution in [0.1, 0.15) is 32.4 Å². The van der Waals surface area contributed by atoms with Crippen molar-refractivity contribution in [3.05, 3.63) is 29.8 Å². The summed E-state index contributed by atoms with van der Waals surface area (Å²) >= 11 is 0. The van der Waals surface area contributed by atoms with Crippen LogP contribution in [0.3, 0.4) is 0 Å². The molecular weight excluding hydrogens is 226 g/mol. The molecule has 0 saturated carbocycles. The minimum Gasteiger partial charge on any atom is -0.493 e. The summed E-state index contributed by atoms with van der Waals surface area (Å²) in [5.74, 6) is 1.38. The fraction of sp³-hybridized carbons (Fsp3) is 0.600. The third-order valence-corrected chi connectivity index (χ3v) is 2.74. The minimum absolute atomic E-state index is 0.503. The molecule has 0 amide bonds. The highest BCUT2D eigenvalue weighted by Gasteiger charge is 2.15. The predicted octanol–water partition coefficient (Wildman–Crippen LogP) is 2.71. The predicted molar refractivity (Wildman–Crippen MR) is 74.9 cm³/mol. The summed E-state index contributed by atoms with van der Waals surface area (Å²) in [6, 6.07) is 7.70.